The van der Waals surface area contributed by atoms with Crippen molar-refractivity contribution in [2.24, 2.45) is 0 Å². The Kier molecular flexibility index (Phi) is 6.26. The van der Waals surface area contributed by atoms with Gasteiger partial charge in [-0.1, -0.05) is 0 Å². The second-order valence-corrected chi connectivity index (χ2v) is 10.6. The van der Waals surface area contributed by atoms with Gasteiger partial charge in [-0.2, -0.15) is 0 Å². The lowest BCUT2D eigenvalue weighted by molar-refractivity contribution is -0.165. The summed E-state index contributed by atoms with van der Waals surface area (Å²) in [6.45, 7) is 1.81. The van der Waals surface area contributed by atoms with Gasteiger partial charge in [0.25, 0.3) is 0 Å². The van der Waals surface area contributed by atoms with Crippen LogP contribution in [0.2, 0.25) is 0 Å². The van der Waals surface area contributed by atoms with Gasteiger partial charge in [-0.15, -0.1) is 0 Å². The minimum absolute atomic E-state index is 0.0503. The van der Waals surface area contributed by atoms with Crippen molar-refractivity contribution in [3.63, 3.8) is 0 Å². The number of rotatable bonds is 2. The van der Waals surface area contributed by atoms with E-state index in [9.17, 15) is 13.2 Å². The Morgan fingerprint density at radius 2 is 1.30 bits per heavy atom. The van der Waals surface area contributed by atoms with Crippen molar-refractivity contribution in [3.05, 3.63) is 42.2 Å². The van der Waals surface area contributed by atoms with Crippen LogP contribution in [0.3, 0.4) is 0 Å². The minimum Gasteiger partial charge on any atom is -0.460 e. The molecule has 0 radical (unpaired) electrons. The Morgan fingerprint density at radius 1 is 0.926 bits per heavy atom. The Labute approximate surface area is 189 Å². The summed E-state index contributed by atoms with van der Waals surface area (Å²) in [5.41, 5.74) is 0. The summed E-state index contributed by atoms with van der Waals surface area (Å²) in [6.07, 6.45) is -1.42. The topological polar surface area (TPSA) is 78.9 Å². The van der Waals surface area contributed by atoms with Crippen LogP contribution in [0, 0.1) is 0 Å². The van der Waals surface area contributed by atoms with E-state index in [4.69, 9.17) is 14.2 Å². The molecule has 0 saturated carbocycles. The van der Waals surface area contributed by atoms with Gasteiger partial charge in [0.15, 0.2) is 11.5 Å². The van der Waals surface area contributed by atoms with E-state index in [1.165, 1.54) is 24.3 Å². The predicted molar refractivity (Wildman–Crippen MR) is 111 cm³/mol. The number of hydrogen-bond acceptors (Lipinski definition) is 6. The molecule has 6 nitrogen and oxygen atoms in total. The average molecular weight is 650 g/mol. The summed E-state index contributed by atoms with van der Waals surface area (Å²) in [5, 5.41) is 0. The highest BCUT2D eigenvalue weighted by Crippen LogP contribution is 2.43. The molecule has 0 aliphatic carbocycles. The minimum atomic E-state index is -3.81. The smallest absolute Gasteiger partial charge is 0.389 e. The maximum Gasteiger partial charge on any atom is 0.389 e. The Morgan fingerprint density at radius 3 is 1.63 bits per heavy atom. The largest absolute Gasteiger partial charge is 0.460 e. The highest BCUT2D eigenvalue weighted by atomic mass is 79.9. The number of carbonyl (C=O) groups is 1. The van der Waals surface area contributed by atoms with Gasteiger partial charge >= 0.3 is 12.3 Å². The van der Waals surface area contributed by atoms with Crippen LogP contribution in [0.25, 0.3) is 0 Å². The third-order valence-electron chi connectivity index (χ3n) is 3.49. The number of esters is 1. The second-order valence-electron chi connectivity index (χ2n) is 5.26. The second kappa shape index (κ2) is 8.02. The van der Waals surface area contributed by atoms with Gasteiger partial charge in [0.1, 0.15) is 0 Å². The van der Waals surface area contributed by atoms with Gasteiger partial charge in [-0.3, -0.25) is 0 Å². The molecule has 0 saturated heterocycles. The molecule has 0 amide bonds. The highest BCUT2D eigenvalue weighted by Gasteiger charge is 2.31. The van der Waals surface area contributed by atoms with Crippen LogP contribution in [-0.2, 0) is 19.4 Å². The molecule has 0 N–H and O–H groups in total. The van der Waals surface area contributed by atoms with Crippen molar-refractivity contribution < 1.29 is 27.4 Å². The van der Waals surface area contributed by atoms with Gasteiger partial charge in [0.05, 0.1) is 34.3 Å². The highest BCUT2D eigenvalue weighted by molar-refractivity contribution is 9.11. The van der Waals surface area contributed by atoms with Gasteiger partial charge < -0.3 is 14.2 Å². The number of carbonyl (C=O) groups excluding carboxylic acids is 1. The van der Waals surface area contributed by atoms with Crippen molar-refractivity contribution in [3.8, 4) is 11.5 Å². The monoisotopic (exact) mass is 646 g/mol. The molecule has 4 bridgehead atoms. The molecule has 0 fully saturated rings. The van der Waals surface area contributed by atoms with Crippen molar-refractivity contribution in [1.82, 2.24) is 0 Å². The van der Waals surface area contributed by atoms with E-state index in [1.807, 2.05) is 0 Å². The summed E-state index contributed by atoms with van der Waals surface area (Å²) >= 11 is 13.2. The molecule has 144 valence electrons. The third kappa shape index (κ3) is 4.07. The summed E-state index contributed by atoms with van der Waals surface area (Å²) in [7, 11) is -3.81. The van der Waals surface area contributed by atoms with Crippen molar-refractivity contribution in [2.75, 3.05) is 6.61 Å². The molecule has 27 heavy (non-hydrogen) atoms. The first-order chi connectivity index (χ1) is 12.6. The van der Waals surface area contributed by atoms with E-state index in [-0.39, 0.29) is 27.9 Å². The van der Waals surface area contributed by atoms with Crippen molar-refractivity contribution in [1.29, 1.82) is 0 Å². The fourth-order valence-electron chi connectivity index (χ4n) is 2.29. The van der Waals surface area contributed by atoms with Gasteiger partial charge in [0.2, 0.25) is 9.84 Å². The van der Waals surface area contributed by atoms with E-state index in [1.54, 1.807) is 6.92 Å². The Balaban J connectivity index is 2.30. The first kappa shape index (κ1) is 21.1. The molecule has 4 aliphatic heterocycles. The zero-order chi connectivity index (χ0) is 19.9. The van der Waals surface area contributed by atoms with Crippen LogP contribution in [0.5, 0.6) is 11.5 Å². The quantitative estimate of drug-likeness (QED) is 0.415. The van der Waals surface area contributed by atoms with Crippen LogP contribution in [0.1, 0.15) is 6.92 Å². The number of ether oxygens (including phenoxy) is 3. The standard InChI is InChI=1S/C16H10Br4O6S/c1-2-24-15(21)16-25-13-9(17)3-7(4-10(13)18)27(22,23)8-5-11(19)14(26-16)12(20)6-8/h3-6,16H,2H2,1H3. The summed E-state index contributed by atoms with van der Waals surface area (Å²) in [4.78, 5) is 12.4. The fraction of sp³-hybridized carbons (Fsp3) is 0.188. The van der Waals surface area contributed by atoms with Gasteiger partial charge in [-0.05, 0) is 94.9 Å². The van der Waals surface area contributed by atoms with Crippen molar-refractivity contribution in [2.45, 2.75) is 23.0 Å². The molecular weight excluding hydrogens is 640 g/mol. The molecule has 0 unspecified atom stereocenters. The maximum absolute atomic E-state index is 13.0. The first-order valence-electron chi connectivity index (χ1n) is 7.38. The molecule has 0 atom stereocenters. The lowest BCUT2D eigenvalue weighted by atomic mass is 10.3. The van der Waals surface area contributed by atoms with Crippen LogP contribution in [0.15, 0.2) is 51.9 Å². The summed E-state index contributed by atoms with van der Waals surface area (Å²) in [6, 6.07) is 5.59. The Hall–Kier alpha value is -0.620. The first-order valence-corrected chi connectivity index (χ1v) is 12.0. The van der Waals surface area contributed by atoms with Crippen LogP contribution in [-0.4, -0.2) is 27.3 Å². The molecular formula is C16H10Br4O6S. The average Bonchev–Trinajstić information content (AvgIpc) is 2.58. The zero-order valence-corrected chi connectivity index (χ0v) is 20.6. The lowest BCUT2D eigenvalue weighted by Gasteiger charge is -2.23. The predicted octanol–water partition coefficient (Wildman–Crippen LogP) is 5.23. The molecule has 4 heterocycles. The number of benzene rings is 2. The molecule has 0 spiro atoms. The fourth-order valence-corrected chi connectivity index (χ4v) is 7.01. The number of sulfone groups is 1. The maximum atomic E-state index is 13.0. The third-order valence-corrected chi connectivity index (χ3v) is 7.56. The molecule has 6 rings (SSSR count). The summed E-state index contributed by atoms with van der Waals surface area (Å²) in [5.74, 6) is -0.323. The van der Waals surface area contributed by atoms with E-state index in [2.05, 4.69) is 63.7 Å². The van der Waals surface area contributed by atoms with E-state index in [0.29, 0.717) is 17.9 Å². The number of hydrogen-bond donors (Lipinski definition) is 0. The van der Waals surface area contributed by atoms with E-state index in [0.717, 1.165) is 0 Å². The van der Waals surface area contributed by atoms with Gasteiger partial charge in [0, 0.05) is 0 Å². The van der Waals surface area contributed by atoms with Crippen molar-refractivity contribution >= 4 is 79.5 Å². The molecule has 11 heteroatoms. The molecule has 4 aliphatic rings. The normalized spacial score (nSPS) is 15.4. The summed E-state index contributed by atoms with van der Waals surface area (Å²) < 4.78 is 43.8. The lowest BCUT2D eigenvalue weighted by Crippen LogP contribution is -2.35. The Bertz CT molecular complexity index is 924. The van der Waals surface area contributed by atoms with Crippen LogP contribution in [0.4, 0.5) is 0 Å². The SMILES string of the molecule is CCOC(=O)C1Oc2c(Br)cc(cc2Br)S(=O)(=O)c2cc(Br)c(c(Br)c2)O1. The molecule has 2 aromatic carbocycles. The van der Waals surface area contributed by atoms with E-state index < -0.39 is 22.1 Å². The van der Waals surface area contributed by atoms with Crippen LogP contribution < -0.4 is 9.47 Å². The van der Waals surface area contributed by atoms with E-state index >= 15 is 0 Å². The van der Waals surface area contributed by atoms with Crippen LogP contribution >= 0.6 is 63.7 Å². The molecule has 0 aromatic heterocycles. The van der Waals surface area contributed by atoms with Gasteiger partial charge in [-0.25, -0.2) is 13.2 Å². The molecule has 2 aromatic rings. The zero-order valence-electron chi connectivity index (χ0n) is 13.5. The number of halogens is 4.